The van der Waals surface area contributed by atoms with Crippen molar-refractivity contribution in [2.24, 2.45) is 0 Å². The number of para-hydroxylation sites is 1. The van der Waals surface area contributed by atoms with Crippen molar-refractivity contribution in [3.8, 4) is 0 Å². The Morgan fingerprint density at radius 1 is 1.33 bits per heavy atom. The van der Waals surface area contributed by atoms with Crippen LogP contribution in [0, 0.1) is 6.92 Å². The second-order valence-corrected chi connectivity index (χ2v) is 5.57. The molecule has 1 amide bonds. The normalized spacial score (nSPS) is 10.7. The number of anilines is 1. The molecule has 0 saturated carbocycles. The van der Waals surface area contributed by atoms with Gasteiger partial charge in [0.05, 0.1) is 11.8 Å². The molecule has 0 unspecified atom stereocenters. The van der Waals surface area contributed by atoms with Crippen molar-refractivity contribution in [2.75, 3.05) is 5.32 Å². The van der Waals surface area contributed by atoms with E-state index in [1.54, 1.807) is 12.1 Å². The van der Waals surface area contributed by atoms with Crippen LogP contribution in [0.3, 0.4) is 0 Å². The monoisotopic (exact) mass is 299 g/mol. The Hall–Kier alpha value is -2.47. The number of nitrogens with one attached hydrogen (secondary N) is 1. The van der Waals surface area contributed by atoms with Gasteiger partial charge in [-0.05, 0) is 30.0 Å². The molecule has 21 heavy (non-hydrogen) atoms. The molecule has 2 aromatic heterocycles. The second kappa shape index (κ2) is 5.49. The molecule has 0 bridgehead atoms. The van der Waals surface area contributed by atoms with Crippen LogP contribution >= 0.6 is 11.3 Å². The maximum Gasteiger partial charge on any atom is 0.271 e. The first-order valence-corrected chi connectivity index (χ1v) is 7.31. The van der Waals surface area contributed by atoms with Gasteiger partial charge < -0.3 is 5.32 Å². The number of carbonyl (C=O) groups excluding carboxylic acids is 1. The van der Waals surface area contributed by atoms with Gasteiger partial charge in [0.15, 0.2) is 0 Å². The number of carbonyl (C=O) groups is 1. The lowest BCUT2D eigenvalue weighted by Gasteiger charge is -2.07. The third kappa shape index (κ3) is 2.71. The van der Waals surface area contributed by atoms with Crippen molar-refractivity contribution in [2.45, 2.75) is 13.5 Å². The predicted octanol–water partition coefficient (Wildman–Crippen LogP) is 2.41. The van der Waals surface area contributed by atoms with Crippen molar-refractivity contribution in [1.29, 1.82) is 0 Å². The molecule has 5 nitrogen and oxygen atoms in total. The van der Waals surface area contributed by atoms with E-state index >= 15 is 0 Å². The highest BCUT2D eigenvalue weighted by molar-refractivity contribution is 7.17. The molecular weight excluding hydrogens is 286 g/mol. The van der Waals surface area contributed by atoms with Crippen molar-refractivity contribution >= 4 is 33.1 Å². The Morgan fingerprint density at radius 3 is 2.86 bits per heavy atom. The second-order valence-electron chi connectivity index (χ2n) is 4.69. The van der Waals surface area contributed by atoms with Gasteiger partial charge in [0.1, 0.15) is 11.2 Å². The first-order chi connectivity index (χ1) is 10.1. The number of amides is 1. The molecule has 6 heteroatoms. The molecule has 3 rings (SSSR count). The first-order valence-electron chi connectivity index (χ1n) is 6.43. The Labute approximate surface area is 124 Å². The van der Waals surface area contributed by atoms with Crippen LogP contribution < -0.4 is 10.9 Å². The van der Waals surface area contributed by atoms with Crippen LogP contribution in [0.5, 0.6) is 0 Å². The van der Waals surface area contributed by atoms with Crippen molar-refractivity contribution in [1.82, 2.24) is 9.55 Å². The number of rotatable bonds is 3. The van der Waals surface area contributed by atoms with E-state index in [2.05, 4.69) is 10.3 Å². The fourth-order valence-corrected chi connectivity index (χ4v) is 3.00. The van der Waals surface area contributed by atoms with Crippen molar-refractivity contribution in [3.05, 3.63) is 58.0 Å². The number of benzene rings is 1. The van der Waals surface area contributed by atoms with Crippen LogP contribution in [0.2, 0.25) is 0 Å². The maximum atomic E-state index is 12.3. The number of aryl methyl sites for hydroxylation is 1. The standard InChI is InChI=1S/C15H13N3O2S/c1-10-8-21-14-13(10)16-9-18(15(14)20)7-12(19)17-11-5-3-2-4-6-11/h2-6,8-9H,7H2,1H3,(H,17,19). The van der Waals surface area contributed by atoms with Gasteiger partial charge in [-0.2, -0.15) is 0 Å². The van der Waals surface area contributed by atoms with Gasteiger partial charge in [0.2, 0.25) is 5.91 Å². The number of aromatic nitrogens is 2. The summed E-state index contributed by atoms with van der Waals surface area (Å²) >= 11 is 1.36. The smallest absolute Gasteiger partial charge is 0.271 e. The summed E-state index contributed by atoms with van der Waals surface area (Å²) in [6.07, 6.45) is 1.43. The highest BCUT2D eigenvalue weighted by atomic mass is 32.1. The molecule has 3 aromatic rings. The molecule has 1 N–H and O–H groups in total. The van der Waals surface area contributed by atoms with Gasteiger partial charge in [-0.25, -0.2) is 4.98 Å². The largest absolute Gasteiger partial charge is 0.325 e. The summed E-state index contributed by atoms with van der Waals surface area (Å²) in [4.78, 5) is 28.5. The summed E-state index contributed by atoms with van der Waals surface area (Å²) in [6.45, 7) is 1.87. The SMILES string of the molecule is Cc1csc2c(=O)n(CC(=O)Nc3ccccc3)cnc12. The van der Waals surface area contributed by atoms with E-state index in [0.717, 1.165) is 5.56 Å². The molecule has 0 aliphatic heterocycles. The van der Waals surface area contributed by atoms with Crippen LogP contribution in [0.15, 0.2) is 46.8 Å². The van der Waals surface area contributed by atoms with E-state index in [9.17, 15) is 9.59 Å². The van der Waals surface area contributed by atoms with Gasteiger partial charge in [-0.3, -0.25) is 14.2 Å². The van der Waals surface area contributed by atoms with Crippen molar-refractivity contribution in [3.63, 3.8) is 0 Å². The molecule has 0 aliphatic rings. The van der Waals surface area contributed by atoms with E-state index in [1.807, 2.05) is 30.5 Å². The lowest BCUT2D eigenvalue weighted by atomic mass is 10.3. The zero-order valence-corrected chi connectivity index (χ0v) is 12.2. The number of nitrogens with zero attached hydrogens (tertiary/aromatic N) is 2. The molecule has 1 aromatic carbocycles. The molecule has 0 atom stereocenters. The minimum absolute atomic E-state index is 0.0480. The fourth-order valence-electron chi connectivity index (χ4n) is 2.05. The molecular formula is C15H13N3O2S. The third-order valence-electron chi connectivity index (χ3n) is 3.09. The van der Waals surface area contributed by atoms with Gasteiger partial charge in [0, 0.05) is 5.69 Å². The number of fused-ring (bicyclic) bond motifs is 1. The van der Waals surface area contributed by atoms with Crippen LogP contribution in [-0.4, -0.2) is 15.5 Å². The molecule has 0 spiro atoms. The Balaban J connectivity index is 1.83. The minimum atomic E-state index is -0.252. The van der Waals surface area contributed by atoms with Gasteiger partial charge in [0.25, 0.3) is 5.56 Å². The van der Waals surface area contributed by atoms with Crippen LogP contribution in [0.4, 0.5) is 5.69 Å². The predicted molar refractivity (Wildman–Crippen MR) is 83.7 cm³/mol. The Bertz CT molecular complexity index is 852. The van der Waals surface area contributed by atoms with Crippen LogP contribution in [0.1, 0.15) is 5.56 Å². The summed E-state index contributed by atoms with van der Waals surface area (Å²) in [6, 6.07) is 9.14. The third-order valence-corrected chi connectivity index (χ3v) is 4.17. The Kier molecular flexibility index (Phi) is 3.53. The molecule has 0 saturated heterocycles. The zero-order valence-electron chi connectivity index (χ0n) is 11.4. The molecule has 0 radical (unpaired) electrons. The highest BCUT2D eigenvalue weighted by Crippen LogP contribution is 2.19. The summed E-state index contributed by atoms with van der Waals surface area (Å²) in [7, 11) is 0. The molecule has 0 aliphatic carbocycles. The van der Waals surface area contributed by atoms with Gasteiger partial charge in [-0.1, -0.05) is 18.2 Å². The fraction of sp³-hybridized carbons (Fsp3) is 0.133. The lowest BCUT2D eigenvalue weighted by molar-refractivity contribution is -0.116. The molecule has 0 fully saturated rings. The maximum absolute atomic E-state index is 12.3. The first kappa shape index (κ1) is 13.5. The van der Waals surface area contributed by atoms with Crippen LogP contribution in [-0.2, 0) is 11.3 Å². The van der Waals surface area contributed by atoms with E-state index in [4.69, 9.17) is 0 Å². The van der Waals surface area contributed by atoms with Gasteiger partial charge >= 0.3 is 0 Å². The quantitative estimate of drug-likeness (QED) is 0.807. The molecule has 2 heterocycles. The minimum Gasteiger partial charge on any atom is -0.325 e. The van der Waals surface area contributed by atoms with E-state index in [0.29, 0.717) is 15.9 Å². The van der Waals surface area contributed by atoms with E-state index in [-0.39, 0.29) is 18.0 Å². The van der Waals surface area contributed by atoms with E-state index in [1.165, 1.54) is 22.2 Å². The van der Waals surface area contributed by atoms with Crippen LogP contribution in [0.25, 0.3) is 10.2 Å². The van der Waals surface area contributed by atoms with E-state index < -0.39 is 0 Å². The van der Waals surface area contributed by atoms with Crippen molar-refractivity contribution < 1.29 is 4.79 Å². The average Bonchev–Trinajstić information content (AvgIpc) is 2.85. The lowest BCUT2D eigenvalue weighted by Crippen LogP contribution is -2.27. The summed E-state index contributed by atoms with van der Waals surface area (Å²) < 4.78 is 1.92. The average molecular weight is 299 g/mol. The molecule has 106 valence electrons. The summed E-state index contributed by atoms with van der Waals surface area (Å²) in [5, 5.41) is 4.64. The van der Waals surface area contributed by atoms with Gasteiger partial charge in [-0.15, -0.1) is 11.3 Å². The zero-order chi connectivity index (χ0) is 14.8. The summed E-state index contributed by atoms with van der Waals surface area (Å²) in [5.41, 5.74) is 2.22. The number of hydrogen-bond acceptors (Lipinski definition) is 4. The highest BCUT2D eigenvalue weighted by Gasteiger charge is 2.11. The summed E-state index contributed by atoms with van der Waals surface area (Å²) in [5.74, 6) is -0.252. The number of thiophene rings is 1. The topological polar surface area (TPSA) is 64.0 Å². The number of hydrogen-bond donors (Lipinski definition) is 1. The Morgan fingerprint density at radius 2 is 2.10 bits per heavy atom.